The second kappa shape index (κ2) is 13.2. The van der Waals surface area contributed by atoms with Gasteiger partial charge in [0.15, 0.2) is 9.84 Å². The van der Waals surface area contributed by atoms with Crippen molar-refractivity contribution in [2.45, 2.75) is 37.5 Å². The summed E-state index contributed by atoms with van der Waals surface area (Å²) in [4.78, 5) is 23.1. The van der Waals surface area contributed by atoms with Crippen molar-refractivity contribution in [2.75, 3.05) is 55.3 Å². The number of amides is 1. The summed E-state index contributed by atoms with van der Waals surface area (Å²) in [6.07, 6.45) is -1.10. The lowest BCUT2D eigenvalue weighted by molar-refractivity contribution is -0.137. The summed E-state index contributed by atoms with van der Waals surface area (Å²) < 4.78 is 71.5. The number of hydrogen-bond acceptors (Lipinski definition) is 10. The van der Waals surface area contributed by atoms with Crippen LogP contribution in [0, 0.1) is 5.92 Å². The van der Waals surface area contributed by atoms with Crippen molar-refractivity contribution in [3.8, 4) is 5.75 Å². The lowest BCUT2D eigenvalue weighted by Crippen LogP contribution is -2.37. The highest BCUT2D eigenvalue weighted by Gasteiger charge is 2.39. The first-order chi connectivity index (χ1) is 21.3. The second-order valence-electron chi connectivity index (χ2n) is 11.5. The number of nitrogens with zero attached hydrogens (tertiary/aromatic N) is 3. The number of fused-ring (bicyclic) bond motifs is 1. The Morgan fingerprint density at radius 3 is 2.56 bits per heavy atom. The van der Waals surface area contributed by atoms with Gasteiger partial charge in [0.05, 0.1) is 30.8 Å². The number of ether oxygens (including phenoxy) is 1. The minimum Gasteiger partial charge on any atom is -0.494 e. The fourth-order valence-corrected chi connectivity index (χ4v) is 6.15. The Kier molecular flexibility index (Phi) is 9.51. The quantitative estimate of drug-likeness (QED) is 0.254. The molecule has 1 amide bonds. The normalized spacial score (nSPS) is 19.2. The van der Waals surface area contributed by atoms with E-state index >= 15 is 0 Å². The molecule has 0 saturated carbocycles. The topological polar surface area (TPSA) is 138 Å². The van der Waals surface area contributed by atoms with Crippen LogP contribution < -0.4 is 26.0 Å². The highest BCUT2D eigenvalue weighted by Crippen LogP contribution is 2.39. The molecule has 1 fully saturated rings. The van der Waals surface area contributed by atoms with E-state index in [2.05, 4.69) is 36.1 Å². The van der Waals surface area contributed by atoms with Gasteiger partial charge in [-0.15, -0.1) is 0 Å². The van der Waals surface area contributed by atoms with Crippen molar-refractivity contribution in [3.63, 3.8) is 0 Å². The zero-order chi connectivity index (χ0) is 32.4. The van der Waals surface area contributed by atoms with Crippen LogP contribution in [0.1, 0.15) is 35.6 Å². The maximum Gasteiger partial charge on any atom is 0.421 e. The van der Waals surface area contributed by atoms with Crippen LogP contribution in [-0.2, 0) is 27.2 Å². The van der Waals surface area contributed by atoms with Crippen molar-refractivity contribution in [3.05, 3.63) is 65.4 Å². The van der Waals surface area contributed by atoms with Crippen molar-refractivity contribution in [1.29, 1.82) is 0 Å². The van der Waals surface area contributed by atoms with Gasteiger partial charge in [0, 0.05) is 30.1 Å². The first kappa shape index (κ1) is 32.4. The highest BCUT2D eigenvalue weighted by molar-refractivity contribution is 7.90. The van der Waals surface area contributed by atoms with Gasteiger partial charge in [0.25, 0.3) is 0 Å². The Labute approximate surface area is 259 Å². The van der Waals surface area contributed by atoms with Crippen LogP contribution in [0.15, 0.2) is 48.7 Å². The molecule has 5 rings (SSSR count). The summed E-state index contributed by atoms with van der Waals surface area (Å²) in [5, 5.41) is 11.7. The molecule has 2 heterocycles. The molecule has 0 bridgehead atoms. The maximum atomic E-state index is 14.1. The molecule has 15 heteroatoms. The summed E-state index contributed by atoms with van der Waals surface area (Å²) in [5.41, 5.74) is 1.51. The van der Waals surface area contributed by atoms with E-state index in [1.165, 1.54) is 7.11 Å². The molecule has 2 aromatic carbocycles. The summed E-state index contributed by atoms with van der Waals surface area (Å²) in [6.45, 7) is 1.69. The SMILES string of the molecule is COc1cc(NC(=O)C2CCN(C)CC2)ccc1Nc1ncc(C(F)(F)F)c(N[C@@H]2Cc3ccccc3[C@H]2NCS(C)(=O)=O)n1. The number of piperidine rings is 1. The number of nitrogens with one attached hydrogen (secondary N) is 4. The third-order valence-corrected chi connectivity index (χ3v) is 8.71. The van der Waals surface area contributed by atoms with Crippen LogP contribution in [-0.4, -0.2) is 74.6 Å². The number of halogens is 3. The highest BCUT2D eigenvalue weighted by atomic mass is 32.2. The van der Waals surface area contributed by atoms with Gasteiger partial charge >= 0.3 is 6.18 Å². The van der Waals surface area contributed by atoms with Crippen molar-refractivity contribution in [1.82, 2.24) is 20.2 Å². The third kappa shape index (κ3) is 8.02. The zero-order valence-corrected chi connectivity index (χ0v) is 25.9. The molecule has 1 aliphatic carbocycles. The smallest absolute Gasteiger partial charge is 0.421 e. The monoisotopic (exact) mass is 647 g/mol. The summed E-state index contributed by atoms with van der Waals surface area (Å²) in [6, 6.07) is 11.0. The van der Waals surface area contributed by atoms with E-state index in [-0.39, 0.29) is 23.7 Å². The molecule has 1 aliphatic heterocycles. The van der Waals surface area contributed by atoms with Crippen LogP contribution in [0.2, 0.25) is 0 Å². The largest absolute Gasteiger partial charge is 0.494 e. The number of benzene rings is 2. The number of carbonyl (C=O) groups excluding carboxylic acids is 1. The molecular formula is C30H36F3N7O4S. The molecule has 0 spiro atoms. The van der Waals surface area contributed by atoms with Gasteiger partial charge in [-0.3, -0.25) is 10.1 Å². The molecule has 4 N–H and O–H groups in total. The van der Waals surface area contributed by atoms with E-state index < -0.39 is 39.5 Å². The fourth-order valence-electron chi connectivity index (χ4n) is 5.67. The first-order valence-electron chi connectivity index (χ1n) is 14.4. The Morgan fingerprint density at radius 2 is 1.87 bits per heavy atom. The molecule has 242 valence electrons. The minimum atomic E-state index is -4.76. The number of likely N-dealkylation sites (tertiary alicyclic amines) is 1. The van der Waals surface area contributed by atoms with Crippen molar-refractivity contribution >= 4 is 38.9 Å². The van der Waals surface area contributed by atoms with Crippen molar-refractivity contribution < 1.29 is 31.1 Å². The molecule has 11 nitrogen and oxygen atoms in total. The first-order valence-corrected chi connectivity index (χ1v) is 16.5. The minimum absolute atomic E-state index is 0.0777. The van der Waals surface area contributed by atoms with E-state index in [0.717, 1.165) is 43.3 Å². The van der Waals surface area contributed by atoms with Gasteiger partial charge in [0.1, 0.15) is 17.1 Å². The molecular weight excluding hydrogens is 611 g/mol. The molecule has 3 aromatic rings. The summed E-state index contributed by atoms with van der Waals surface area (Å²) in [7, 11) is 0.0585. The molecule has 0 radical (unpaired) electrons. The number of methoxy groups -OCH3 is 1. The second-order valence-corrected chi connectivity index (χ2v) is 13.6. The summed E-state index contributed by atoms with van der Waals surface area (Å²) >= 11 is 0. The lowest BCUT2D eigenvalue weighted by Gasteiger charge is -2.28. The van der Waals surface area contributed by atoms with Gasteiger partial charge < -0.3 is 25.6 Å². The average molecular weight is 648 g/mol. The predicted molar refractivity (Wildman–Crippen MR) is 165 cm³/mol. The standard InChI is InChI=1S/C30H36F3N7O4S/c1-40-12-10-18(11-13-40)28(41)36-20-8-9-23(25(15-20)44-2)38-29-34-16-22(30(31,32)33)27(39-29)37-24-14-19-6-4-5-7-21(19)26(24)35-17-45(3,42)43/h4-9,15-16,18,24,26,35H,10-14,17H2,1-3H3,(H,36,41)(H2,34,37,38,39)/t24-,26-/m1/s1. The van der Waals surface area contributed by atoms with Crippen LogP contribution in [0.25, 0.3) is 0 Å². The Hall–Kier alpha value is -3.95. The Bertz CT molecular complexity index is 1650. The van der Waals surface area contributed by atoms with Crippen molar-refractivity contribution in [2.24, 2.45) is 5.92 Å². The number of alkyl halides is 3. The maximum absolute atomic E-state index is 14.1. The van der Waals surface area contributed by atoms with Gasteiger partial charge in [-0.05, 0) is 62.7 Å². The average Bonchev–Trinajstić information content (AvgIpc) is 3.33. The molecule has 2 aliphatic rings. The number of rotatable bonds is 10. The van der Waals surface area contributed by atoms with Crippen LogP contribution in [0.3, 0.4) is 0 Å². The third-order valence-electron chi connectivity index (χ3n) is 8.02. The van der Waals surface area contributed by atoms with Gasteiger partial charge in [-0.1, -0.05) is 24.3 Å². The van der Waals surface area contributed by atoms with Gasteiger partial charge in [0.2, 0.25) is 11.9 Å². The Balaban J connectivity index is 1.37. The van der Waals surface area contributed by atoms with E-state index in [1.807, 2.05) is 25.2 Å². The Morgan fingerprint density at radius 1 is 1.13 bits per heavy atom. The van der Waals surface area contributed by atoms with Crippen LogP contribution in [0.5, 0.6) is 5.75 Å². The number of aromatic nitrogens is 2. The number of carbonyl (C=O) groups is 1. The van der Waals surface area contributed by atoms with Crippen LogP contribution in [0.4, 0.5) is 36.3 Å². The number of anilines is 4. The zero-order valence-electron chi connectivity index (χ0n) is 25.1. The molecule has 1 saturated heterocycles. The predicted octanol–water partition coefficient (Wildman–Crippen LogP) is 4.20. The van der Waals surface area contributed by atoms with E-state index in [9.17, 15) is 26.4 Å². The fraction of sp³-hybridized carbons (Fsp3) is 0.433. The van der Waals surface area contributed by atoms with Gasteiger partial charge in [-0.2, -0.15) is 18.2 Å². The van der Waals surface area contributed by atoms with Gasteiger partial charge in [-0.25, -0.2) is 13.4 Å². The molecule has 0 unspecified atom stereocenters. The lowest BCUT2D eigenvalue weighted by atomic mass is 9.96. The van der Waals surface area contributed by atoms with E-state index in [0.29, 0.717) is 29.7 Å². The van der Waals surface area contributed by atoms with Crippen LogP contribution >= 0.6 is 0 Å². The van der Waals surface area contributed by atoms with E-state index in [4.69, 9.17) is 4.74 Å². The summed E-state index contributed by atoms with van der Waals surface area (Å²) in [5.74, 6) is -0.768. The molecule has 2 atom stereocenters. The molecule has 45 heavy (non-hydrogen) atoms. The molecule has 1 aromatic heterocycles. The van der Waals surface area contributed by atoms with E-state index in [1.54, 1.807) is 24.3 Å². The number of hydrogen-bond donors (Lipinski definition) is 4. The number of sulfone groups is 1.